The Morgan fingerprint density at radius 3 is 2.69 bits per heavy atom. The van der Waals surface area contributed by atoms with Gasteiger partial charge in [-0.3, -0.25) is 9.59 Å². The van der Waals surface area contributed by atoms with Crippen molar-refractivity contribution in [2.45, 2.75) is 25.8 Å². The lowest BCUT2D eigenvalue weighted by Crippen LogP contribution is -2.50. The van der Waals surface area contributed by atoms with Crippen LogP contribution in [0.5, 0.6) is 0 Å². The van der Waals surface area contributed by atoms with E-state index in [0.717, 1.165) is 12.0 Å². The van der Waals surface area contributed by atoms with Crippen LogP contribution < -0.4 is 5.32 Å². The van der Waals surface area contributed by atoms with E-state index in [2.05, 4.69) is 5.32 Å². The summed E-state index contributed by atoms with van der Waals surface area (Å²) in [7, 11) is 0. The number of carboxylic acids is 1. The lowest BCUT2D eigenvalue weighted by atomic mass is 9.68. The van der Waals surface area contributed by atoms with Crippen LogP contribution in [0.4, 0.5) is 0 Å². The third-order valence-corrected chi connectivity index (χ3v) is 3.82. The molecule has 0 unspecified atom stereocenters. The van der Waals surface area contributed by atoms with Crippen molar-refractivity contribution in [2.75, 3.05) is 0 Å². The first-order valence-corrected chi connectivity index (χ1v) is 6.12. The van der Waals surface area contributed by atoms with Crippen molar-refractivity contribution in [2.24, 2.45) is 5.41 Å². The second-order valence-corrected chi connectivity index (χ2v) is 4.84. The van der Waals surface area contributed by atoms with Crippen LogP contribution in [-0.2, 0) is 16.1 Å². The molecule has 4 nitrogen and oxygen atoms in total. The Bertz CT molecular complexity index is 395. The van der Waals surface area contributed by atoms with Crippen LogP contribution in [-0.4, -0.2) is 17.0 Å². The largest absolute Gasteiger partial charge is 0.480 e. The van der Waals surface area contributed by atoms with Crippen LogP contribution >= 0.6 is 11.3 Å². The van der Waals surface area contributed by atoms with Crippen molar-refractivity contribution >= 4 is 23.2 Å². The second kappa shape index (κ2) is 4.25. The molecule has 2 N–H and O–H groups in total. The van der Waals surface area contributed by atoms with E-state index in [1.807, 2.05) is 16.8 Å². The van der Waals surface area contributed by atoms with Gasteiger partial charge in [0.25, 0.3) is 0 Å². The summed E-state index contributed by atoms with van der Waals surface area (Å²) in [5.74, 6) is -1.35. The molecule has 0 aromatic carbocycles. The standard InChI is InChI=1S/C11H13NO3S/c13-9(11(10(14)15)3-1-4-11)12-6-8-2-5-16-7-8/h2,5,7H,1,3-4,6H2,(H,12,13)(H,14,15). The number of hydrogen-bond acceptors (Lipinski definition) is 3. The summed E-state index contributed by atoms with van der Waals surface area (Å²) in [5, 5.41) is 15.6. The lowest BCUT2D eigenvalue weighted by molar-refractivity contribution is -0.162. The quantitative estimate of drug-likeness (QED) is 0.785. The van der Waals surface area contributed by atoms with Gasteiger partial charge in [-0.1, -0.05) is 6.42 Å². The fraction of sp³-hybridized carbons (Fsp3) is 0.455. The average Bonchev–Trinajstić information content (AvgIpc) is 2.64. The molecule has 1 heterocycles. The van der Waals surface area contributed by atoms with Crippen LogP contribution in [0, 0.1) is 5.41 Å². The predicted molar refractivity (Wildman–Crippen MR) is 60.1 cm³/mol. The van der Waals surface area contributed by atoms with Gasteiger partial charge in [-0.05, 0) is 35.2 Å². The number of carboxylic acid groups (broad SMARTS) is 1. The Morgan fingerprint density at radius 1 is 1.50 bits per heavy atom. The Hall–Kier alpha value is -1.36. The molecular formula is C11H13NO3S. The third-order valence-electron chi connectivity index (χ3n) is 3.08. The number of amides is 1. The first kappa shape index (κ1) is 11.1. The van der Waals surface area contributed by atoms with E-state index in [9.17, 15) is 9.59 Å². The van der Waals surface area contributed by atoms with Crippen LogP contribution in [0.3, 0.4) is 0 Å². The van der Waals surface area contributed by atoms with Crippen LogP contribution in [0.1, 0.15) is 24.8 Å². The highest BCUT2D eigenvalue weighted by molar-refractivity contribution is 7.07. The zero-order valence-corrected chi connectivity index (χ0v) is 9.55. The van der Waals surface area contributed by atoms with Gasteiger partial charge in [-0.15, -0.1) is 0 Å². The summed E-state index contributed by atoms with van der Waals surface area (Å²) < 4.78 is 0. The van der Waals surface area contributed by atoms with Gasteiger partial charge in [0.2, 0.25) is 5.91 Å². The molecule has 16 heavy (non-hydrogen) atoms. The molecule has 1 aliphatic rings. The molecule has 5 heteroatoms. The van der Waals surface area contributed by atoms with Gasteiger partial charge in [0, 0.05) is 6.54 Å². The maximum atomic E-state index is 11.8. The summed E-state index contributed by atoms with van der Waals surface area (Å²) in [6.45, 7) is 0.414. The molecule has 0 bridgehead atoms. The van der Waals surface area contributed by atoms with Crippen LogP contribution in [0.2, 0.25) is 0 Å². The van der Waals surface area contributed by atoms with Crippen molar-refractivity contribution in [3.63, 3.8) is 0 Å². The summed E-state index contributed by atoms with van der Waals surface area (Å²) in [6, 6.07) is 1.92. The summed E-state index contributed by atoms with van der Waals surface area (Å²) in [4.78, 5) is 22.8. The molecule has 1 aliphatic carbocycles. The number of hydrogen-bond donors (Lipinski definition) is 2. The summed E-state index contributed by atoms with van der Waals surface area (Å²) in [6.07, 6.45) is 1.73. The fourth-order valence-corrected chi connectivity index (χ4v) is 2.48. The SMILES string of the molecule is O=C(O)C1(C(=O)NCc2ccsc2)CCC1. The second-order valence-electron chi connectivity index (χ2n) is 4.06. The molecule has 1 saturated carbocycles. The van der Waals surface area contributed by atoms with Gasteiger partial charge in [-0.2, -0.15) is 11.3 Å². The molecule has 0 spiro atoms. The Balaban J connectivity index is 1.95. The van der Waals surface area contributed by atoms with E-state index >= 15 is 0 Å². The monoisotopic (exact) mass is 239 g/mol. The molecule has 1 aromatic rings. The summed E-state index contributed by atoms with van der Waals surface area (Å²) >= 11 is 1.56. The third kappa shape index (κ3) is 1.82. The van der Waals surface area contributed by atoms with E-state index in [-0.39, 0.29) is 5.91 Å². The highest BCUT2D eigenvalue weighted by Crippen LogP contribution is 2.41. The van der Waals surface area contributed by atoms with E-state index in [4.69, 9.17) is 5.11 Å². The minimum atomic E-state index is -1.16. The fourth-order valence-electron chi connectivity index (χ4n) is 1.81. The molecule has 1 amide bonds. The molecular weight excluding hydrogens is 226 g/mol. The normalized spacial score (nSPS) is 17.5. The summed E-state index contributed by atoms with van der Waals surface area (Å²) in [5.41, 5.74) is -0.144. The number of aliphatic carboxylic acids is 1. The molecule has 0 saturated heterocycles. The van der Waals surface area contributed by atoms with Crippen molar-refractivity contribution in [1.82, 2.24) is 5.32 Å². The van der Waals surface area contributed by atoms with Gasteiger partial charge in [0.05, 0.1) is 0 Å². The number of rotatable bonds is 4. The van der Waals surface area contributed by atoms with Gasteiger partial charge >= 0.3 is 5.97 Å². The molecule has 86 valence electrons. The number of nitrogens with one attached hydrogen (secondary N) is 1. The first-order valence-electron chi connectivity index (χ1n) is 5.18. The minimum Gasteiger partial charge on any atom is -0.480 e. The lowest BCUT2D eigenvalue weighted by Gasteiger charge is -2.35. The Labute approximate surface area is 97.3 Å². The van der Waals surface area contributed by atoms with Gasteiger partial charge in [0.1, 0.15) is 5.41 Å². The zero-order chi connectivity index (χ0) is 11.6. The first-order chi connectivity index (χ1) is 7.65. The smallest absolute Gasteiger partial charge is 0.319 e. The van der Waals surface area contributed by atoms with Gasteiger partial charge in [-0.25, -0.2) is 0 Å². The Kier molecular flexibility index (Phi) is 2.96. The van der Waals surface area contributed by atoms with E-state index < -0.39 is 11.4 Å². The van der Waals surface area contributed by atoms with Crippen molar-refractivity contribution in [3.05, 3.63) is 22.4 Å². The average molecular weight is 239 g/mol. The van der Waals surface area contributed by atoms with E-state index in [0.29, 0.717) is 19.4 Å². The van der Waals surface area contributed by atoms with Gasteiger partial charge in [0.15, 0.2) is 0 Å². The van der Waals surface area contributed by atoms with Crippen molar-refractivity contribution < 1.29 is 14.7 Å². The van der Waals surface area contributed by atoms with Crippen molar-refractivity contribution in [1.29, 1.82) is 0 Å². The number of carbonyl (C=O) groups is 2. The molecule has 0 radical (unpaired) electrons. The van der Waals surface area contributed by atoms with E-state index in [1.54, 1.807) is 11.3 Å². The highest BCUT2D eigenvalue weighted by atomic mass is 32.1. The Morgan fingerprint density at radius 2 is 2.25 bits per heavy atom. The maximum absolute atomic E-state index is 11.8. The zero-order valence-electron chi connectivity index (χ0n) is 8.73. The molecule has 1 aromatic heterocycles. The van der Waals surface area contributed by atoms with Gasteiger partial charge < -0.3 is 10.4 Å². The van der Waals surface area contributed by atoms with Crippen molar-refractivity contribution in [3.8, 4) is 0 Å². The number of thiophene rings is 1. The highest BCUT2D eigenvalue weighted by Gasteiger charge is 2.50. The van der Waals surface area contributed by atoms with E-state index in [1.165, 1.54) is 0 Å². The molecule has 0 aliphatic heterocycles. The minimum absolute atomic E-state index is 0.350. The molecule has 1 fully saturated rings. The van der Waals surface area contributed by atoms with Crippen LogP contribution in [0.25, 0.3) is 0 Å². The molecule has 2 rings (SSSR count). The topological polar surface area (TPSA) is 66.4 Å². The maximum Gasteiger partial charge on any atom is 0.319 e. The van der Waals surface area contributed by atoms with Crippen LogP contribution in [0.15, 0.2) is 16.8 Å². The predicted octanol–water partition coefficient (Wildman–Crippen LogP) is 1.62. The number of carbonyl (C=O) groups excluding carboxylic acids is 1. The molecule has 0 atom stereocenters.